The SMILES string of the molecule is Nc1c(O)cc(S(=O)(=O)O)c2ccccc12.[Na]. The molecule has 0 amide bonds. The van der Waals surface area contributed by atoms with Crippen molar-refractivity contribution >= 4 is 56.1 Å². The van der Waals surface area contributed by atoms with Crippen molar-refractivity contribution in [1.29, 1.82) is 0 Å². The molecule has 85 valence electrons. The predicted molar refractivity (Wildman–Crippen MR) is 65.6 cm³/mol. The maximum absolute atomic E-state index is 11.1. The molecule has 4 N–H and O–H groups in total. The summed E-state index contributed by atoms with van der Waals surface area (Å²) in [5.74, 6) is -0.369. The molecule has 2 aromatic carbocycles. The Bertz CT molecular complexity index is 669. The molecule has 0 aliphatic carbocycles. The number of phenols is 1. The minimum atomic E-state index is -4.38. The fourth-order valence-electron chi connectivity index (χ4n) is 1.56. The van der Waals surface area contributed by atoms with Crippen LogP contribution in [0.2, 0.25) is 0 Å². The van der Waals surface area contributed by atoms with Crippen LogP contribution in [0.1, 0.15) is 0 Å². The van der Waals surface area contributed by atoms with Crippen molar-refractivity contribution in [3.05, 3.63) is 30.3 Å². The van der Waals surface area contributed by atoms with Gasteiger partial charge in [0.2, 0.25) is 0 Å². The van der Waals surface area contributed by atoms with Gasteiger partial charge in [-0.15, -0.1) is 0 Å². The summed E-state index contributed by atoms with van der Waals surface area (Å²) in [6, 6.07) is 7.29. The molecule has 0 heterocycles. The zero-order valence-electron chi connectivity index (χ0n) is 9.08. The molecule has 1 radical (unpaired) electrons. The van der Waals surface area contributed by atoms with Gasteiger partial charge in [-0.3, -0.25) is 4.55 Å². The van der Waals surface area contributed by atoms with Crippen LogP contribution in [0.5, 0.6) is 5.75 Å². The number of nitrogen functional groups attached to an aromatic ring is 1. The van der Waals surface area contributed by atoms with E-state index in [1.54, 1.807) is 18.2 Å². The normalized spacial score (nSPS) is 11.1. The summed E-state index contributed by atoms with van der Waals surface area (Å²) in [5, 5.41) is 10.1. The molecule has 0 bridgehead atoms. The first kappa shape index (κ1) is 14.3. The number of nitrogens with two attached hydrogens (primary N) is 1. The summed E-state index contributed by atoms with van der Waals surface area (Å²) in [4.78, 5) is -0.352. The number of phenolic OH excluding ortho intramolecular Hbond substituents is 1. The number of hydrogen-bond acceptors (Lipinski definition) is 4. The molecule has 0 atom stereocenters. The van der Waals surface area contributed by atoms with Crippen LogP contribution >= 0.6 is 0 Å². The van der Waals surface area contributed by atoms with E-state index < -0.39 is 10.1 Å². The smallest absolute Gasteiger partial charge is 0.295 e. The van der Waals surface area contributed by atoms with Gasteiger partial charge >= 0.3 is 0 Å². The van der Waals surface area contributed by atoms with E-state index in [1.165, 1.54) is 6.07 Å². The third-order valence-corrected chi connectivity index (χ3v) is 3.20. The Morgan fingerprint density at radius 1 is 1.12 bits per heavy atom. The predicted octanol–water partition coefficient (Wildman–Crippen LogP) is 0.994. The van der Waals surface area contributed by atoms with Crippen LogP contribution in [0.25, 0.3) is 10.8 Å². The van der Waals surface area contributed by atoms with Gasteiger partial charge in [-0.25, -0.2) is 0 Å². The summed E-state index contributed by atoms with van der Waals surface area (Å²) in [5.41, 5.74) is 5.69. The minimum Gasteiger partial charge on any atom is -0.506 e. The Hall–Kier alpha value is -0.790. The molecule has 2 rings (SSSR count). The molecule has 0 aliphatic heterocycles. The van der Waals surface area contributed by atoms with E-state index in [9.17, 15) is 13.5 Å². The molecule has 5 nitrogen and oxygen atoms in total. The van der Waals surface area contributed by atoms with Gasteiger partial charge in [0.25, 0.3) is 10.1 Å². The Labute approximate surface area is 120 Å². The van der Waals surface area contributed by atoms with Crippen LogP contribution in [0.4, 0.5) is 5.69 Å². The summed E-state index contributed by atoms with van der Waals surface area (Å²) in [7, 11) is -4.38. The van der Waals surface area contributed by atoms with E-state index in [0.29, 0.717) is 5.39 Å². The van der Waals surface area contributed by atoms with E-state index in [-0.39, 0.29) is 51.3 Å². The van der Waals surface area contributed by atoms with E-state index in [0.717, 1.165) is 6.07 Å². The molecular weight excluding hydrogens is 253 g/mol. The number of fused-ring (bicyclic) bond motifs is 1. The van der Waals surface area contributed by atoms with Crippen LogP contribution in [0.3, 0.4) is 0 Å². The van der Waals surface area contributed by atoms with Crippen molar-refractivity contribution < 1.29 is 18.1 Å². The third-order valence-electron chi connectivity index (χ3n) is 2.30. The van der Waals surface area contributed by atoms with Crippen molar-refractivity contribution in [2.45, 2.75) is 4.90 Å². The van der Waals surface area contributed by atoms with Crippen molar-refractivity contribution in [2.24, 2.45) is 0 Å². The average Bonchev–Trinajstić information content (AvgIpc) is 2.22. The number of hydrogen-bond donors (Lipinski definition) is 3. The summed E-state index contributed by atoms with van der Waals surface area (Å²) < 4.78 is 31.3. The number of rotatable bonds is 1. The van der Waals surface area contributed by atoms with Gasteiger partial charge in [0, 0.05) is 46.4 Å². The number of aromatic hydroxyl groups is 1. The largest absolute Gasteiger partial charge is 0.506 e. The molecule has 0 fully saturated rings. The molecule has 0 unspecified atom stereocenters. The van der Waals surface area contributed by atoms with Gasteiger partial charge in [0.1, 0.15) is 10.6 Å². The van der Waals surface area contributed by atoms with E-state index in [2.05, 4.69) is 0 Å². The Morgan fingerprint density at radius 2 is 1.65 bits per heavy atom. The molecule has 2 aromatic rings. The molecule has 0 aliphatic rings. The van der Waals surface area contributed by atoms with Crippen molar-refractivity contribution in [2.75, 3.05) is 5.73 Å². The first-order valence-corrected chi connectivity index (χ1v) is 5.83. The molecule has 17 heavy (non-hydrogen) atoms. The van der Waals surface area contributed by atoms with E-state index in [4.69, 9.17) is 10.3 Å². The minimum absolute atomic E-state index is 0. The topological polar surface area (TPSA) is 101 Å². The van der Waals surface area contributed by atoms with Crippen LogP contribution < -0.4 is 5.73 Å². The van der Waals surface area contributed by atoms with Crippen LogP contribution in [-0.4, -0.2) is 47.6 Å². The second-order valence-corrected chi connectivity index (χ2v) is 4.72. The van der Waals surface area contributed by atoms with Gasteiger partial charge in [0.15, 0.2) is 0 Å². The van der Waals surface area contributed by atoms with Gasteiger partial charge in [0.05, 0.1) is 5.69 Å². The second-order valence-electron chi connectivity index (χ2n) is 3.33. The Morgan fingerprint density at radius 3 is 2.18 bits per heavy atom. The van der Waals surface area contributed by atoms with Gasteiger partial charge in [-0.2, -0.15) is 8.42 Å². The first-order valence-electron chi connectivity index (χ1n) is 4.39. The van der Waals surface area contributed by atoms with Crippen molar-refractivity contribution in [1.82, 2.24) is 0 Å². The molecule has 0 spiro atoms. The van der Waals surface area contributed by atoms with Crippen LogP contribution in [-0.2, 0) is 10.1 Å². The second kappa shape index (κ2) is 4.83. The summed E-state index contributed by atoms with van der Waals surface area (Å²) >= 11 is 0. The zero-order chi connectivity index (χ0) is 11.9. The van der Waals surface area contributed by atoms with Crippen molar-refractivity contribution in [3.63, 3.8) is 0 Å². The summed E-state index contributed by atoms with van der Waals surface area (Å²) in [6.45, 7) is 0. The van der Waals surface area contributed by atoms with Crippen LogP contribution in [0.15, 0.2) is 35.2 Å². The van der Waals surface area contributed by atoms with Crippen LogP contribution in [0, 0.1) is 0 Å². The Balaban J connectivity index is 0.00000144. The number of benzene rings is 2. The molecule has 0 saturated heterocycles. The standard InChI is InChI=1S/C10H9NO4S.Na/c11-10-7-4-2-1-3-6(7)9(5-8(10)12)16(13,14)15;/h1-5,12H,11H2,(H,13,14,15);. The Kier molecular flexibility index (Phi) is 4.06. The van der Waals surface area contributed by atoms with Crippen molar-refractivity contribution in [3.8, 4) is 5.75 Å². The first-order chi connectivity index (χ1) is 7.41. The monoisotopic (exact) mass is 262 g/mol. The fourth-order valence-corrected chi connectivity index (χ4v) is 2.28. The maximum atomic E-state index is 11.1. The average molecular weight is 262 g/mol. The summed E-state index contributed by atoms with van der Waals surface area (Å²) in [6.07, 6.45) is 0. The molecular formula is C10H9NNaO4S. The molecule has 0 saturated carbocycles. The zero-order valence-corrected chi connectivity index (χ0v) is 11.9. The molecule has 0 aromatic heterocycles. The van der Waals surface area contributed by atoms with Gasteiger partial charge in [-0.05, 0) is 0 Å². The maximum Gasteiger partial charge on any atom is 0.295 e. The number of anilines is 1. The van der Waals surface area contributed by atoms with E-state index in [1.807, 2.05) is 0 Å². The molecule has 7 heteroatoms. The third kappa shape index (κ3) is 2.56. The quantitative estimate of drug-likeness (QED) is 0.308. The van der Waals surface area contributed by atoms with Gasteiger partial charge in [-0.1, -0.05) is 24.3 Å². The fraction of sp³-hybridized carbons (Fsp3) is 0. The van der Waals surface area contributed by atoms with Gasteiger partial charge < -0.3 is 10.8 Å². The van der Waals surface area contributed by atoms with E-state index >= 15 is 0 Å².